The van der Waals surface area contributed by atoms with Gasteiger partial charge in [0, 0.05) is 22.7 Å². The SMILES string of the molecule is CCOC(=O)C1=C(C)C(C(=O)OC)/C(=C\c2cccc3cccnc23)C1=O. The summed E-state index contributed by atoms with van der Waals surface area (Å²) in [7, 11) is 1.25. The van der Waals surface area contributed by atoms with Crippen LogP contribution in [0.1, 0.15) is 19.4 Å². The Labute approximate surface area is 156 Å². The Kier molecular flexibility index (Phi) is 5.16. The van der Waals surface area contributed by atoms with Crippen molar-refractivity contribution in [3.8, 4) is 0 Å². The van der Waals surface area contributed by atoms with Gasteiger partial charge in [0.25, 0.3) is 0 Å². The minimum Gasteiger partial charge on any atom is -0.468 e. The quantitative estimate of drug-likeness (QED) is 0.471. The number of carbonyl (C=O) groups excluding carboxylic acids is 3. The number of rotatable bonds is 4. The Morgan fingerprint density at radius 3 is 2.67 bits per heavy atom. The summed E-state index contributed by atoms with van der Waals surface area (Å²) in [5.41, 5.74) is 1.80. The summed E-state index contributed by atoms with van der Waals surface area (Å²) in [5.74, 6) is -2.79. The average molecular weight is 365 g/mol. The molecule has 0 saturated heterocycles. The molecule has 0 bridgehead atoms. The molecule has 1 heterocycles. The summed E-state index contributed by atoms with van der Waals surface area (Å²) < 4.78 is 9.85. The van der Waals surface area contributed by atoms with Gasteiger partial charge in [-0.05, 0) is 31.6 Å². The van der Waals surface area contributed by atoms with Crippen LogP contribution in [0.3, 0.4) is 0 Å². The van der Waals surface area contributed by atoms with E-state index in [4.69, 9.17) is 9.47 Å². The molecule has 1 aromatic heterocycles. The molecule has 1 unspecified atom stereocenters. The van der Waals surface area contributed by atoms with Gasteiger partial charge in [-0.25, -0.2) is 4.79 Å². The number of para-hydroxylation sites is 1. The Morgan fingerprint density at radius 2 is 1.96 bits per heavy atom. The van der Waals surface area contributed by atoms with Gasteiger partial charge in [-0.3, -0.25) is 14.6 Å². The van der Waals surface area contributed by atoms with Crippen LogP contribution in [0.2, 0.25) is 0 Å². The number of hydrogen-bond acceptors (Lipinski definition) is 6. The van der Waals surface area contributed by atoms with E-state index in [2.05, 4.69) is 4.98 Å². The summed E-state index contributed by atoms with van der Waals surface area (Å²) in [4.78, 5) is 41.9. The number of ketones is 1. The first kappa shape index (κ1) is 18.5. The summed E-state index contributed by atoms with van der Waals surface area (Å²) in [6, 6.07) is 9.29. The van der Waals surface area contributed by atoms with Crippen LogP contribution in [-0.2, 0) is 23.9 Å². The number of pyridine rings is 1. The lowest BCUT2D eigenvalue weighted by atomic mass is 9.95. The fraction of sp³-hybridized carbons (Fsp3) is 0.238. The van der Waals surface area contributed by atoms with Crippen LogP contribution in [0.5, 0.6) is 0 Å². The highest BCUT2D eigenvalue weighted by molar-refractivity contribution is 6.30. The smallest absolute Gasteiger partial charge is 0.342 e. The lowest BCUT2D eigenvalue weighted by Gasteiger charge is -2.11. The normalized spacial score (nSPS) is 18.3. The predicted molar refractivity (Wildman–Crippen MR) is 99.6 cm³/mol. The van der Waals surface area contributed by atoms with E-state index in [0.29, 0.717) is 16.7 Å². The Hall–Kier alpha value is -3.28. The summed E-state index contributed by atoms with van der Waals surface area (Å²) in [5, 5.41) is 0.905. The van der Waals surface area contributed by atoms with Crippen molar-refractivity contribution in [1.82, 2.24) is 4.98 Å². The number of ether oxygens (including phenoxy) is 2. The third-order valence-corrected chi connectivity index (χ3v) is 4.52. The van der Waals surface area contributed by atoms with Gasteiger partial charge in [-0.1, -0.05) is 24.3 Å². The number of fused-ring (bicyclic) bond motifs is 1. The first-order chi connectivity index (χ1) is 13.0. The van der Waals surface area contributed by atoms with E-state index < -0.39 is 23.6 Å². The molecule has 0 radical (unpaired) electrons. The highest BCUT2D eigenvalue weighted by atomic mass is 16.5. The monoisotopic (exact) mass is 365 g/mol. The second-order valence-electron chi connectivity index (χ2n) is 6.09. The van der Waals surface area contributed by atoms with Crippen LogP contribution in [0, 0.1) is 5.92 Å². The fourth-order valence-corrected chi connectivity index (χ4v) is 3.27. The van der Waals surface area contributed by atoms with Crippen LogP contribution >= 0.6 is 0 Å². The van der Waals surface area contributed by atoms with Gasteiger partial charge in [0.2, 0.25) is 0 Å². The lowest BCUT2D eigenvalue weighted by Crippen LogP contribution is -2.18. The van der Waals surface area contributed by atoms with E-state index in [1.807, 2.05) is 30.3 Å². The van der Waals surface area contributed by atoms with Crippen molar-refractivity contribution in [2.24, 2.45) is 5.92 Å². The molecule has 2 aromatic rings. The Bertz CT molecular complexity index is 997. The lowest BCUT2D eigenvalue weighted by molar-refractivity contribution is -0.143. The average Bonchev–Trinajstić information content (AvgIpc) is 2.91. The van der Waals surface area contributed by atoms with Crippen LogP contribution in [0.15, 0.2) is 53.2 Å². The number of methoxy groups -OCH3 is 1. The maximum Gasteiger partial charge on any atom is 0.342 e. The van der Waals surface area contributed by atoms with Crippen molar-refractivity contribution in [3.05, 3.63) is 58.8 Å². The van der Waals surface area contributed by atoms with E-state index in [9.17, 15) is 14.4 Å². The minimum atomic E-state index is -0.944. The van der Waals surface area contributed by atoms with Gasteiger partial charge >= 0.3 is 11.9 Å². The van der Waals surface area contributed by atoms with Gasteiger partial charge in [-0.2, -0.15) is 0 Å². The van der Waals surface area contributed by atoms with E-state index in [1.54, 1.807) is 26.1 Å². The molecule has 1 atom stereocenters. The molecule has 138 valence electrons. The number of carbonyl (C=O) groups is 3. The largest absolute Gasteiger partial charge is 0.468 e. The Morgan fingerprint density at radius 1 is 1.22 bits per heavy atom. The topological polar surface area (TPSA) is 82.6 Å². The first-order valence-electron chi connectivity index (χ1n) is 8.55. The molecular weight excluding hydrogens is 346 g/mol. The second kappa shape index (κ2) is 7.53. The molecule has 0 spiro atoms. The predicted octanol–water partition coefficient (Wildman–Crippen LogP) is 2.87. The molecule has 1 aliphatic carbocycles. The minimum absolute atomic E-state index is 0.105. The molecule has 0 fully saturated rings. The number of nitrogens with zero attached hydrogens (tertiary/aromatic N) is 1. The van der Waals surface area contributed by atoms with Gasteiger partial charge in [0.05, 0.1) is 19.2 Å². The molecule has 0 amide bonds. The number of aromatic nitrogens is 1. The van der Waals surface area contributed by atoms with Crippen LogP contribution in [0.25, 0.3) is 17.0 Å². The molecule has 1 aliphatic rings. The molecular formula is C21H19NO5. The van der Waals surface area contributed by atoms with Crippen molar-refractivity contribution in [2.45, 2.75) is 13.8 Å². The van der Waals surface area contributed by atoms with Crippen molar-refractivity contribution in [1.29, 1.82) is 0 Å². The molecule has 0 aliphatic heterocycles. The van der Waals surface area contributed by atoms with Gasteiger partial charge in [0.15, 0.2) is 5.78 Å². The van der Waals surface area contributed by atoms with Crippen LogP contribution < -0.4 is 0 Å². The van der Waals surface area contributed by atoms with Crippen molar-refractivity contribution >= 4 is 34.7 Å². The van der Waals surface area contributed by atoms with E-state index in [-0.39, 0.29) is 17.8 Å². The zero-order valence-electron chi connectivity index (χ0n) is 15.3. The van der Waals surface area contributed by atoms with Crippen molar-refractivity contribution in [2.75, 3.05) is 13.7 Å². The first-order valence-corrected chi connectivity index (χ1v) is 8.55. The summed E-state index contributed by atoms with van der Waals surface area (Å²) in [6.07, 6.45) is 3.27. The number of esters is 2. The van der Waals surface area contributed by atoms with Gasteiger partial charge in [-0.15, -0.1) is 0 Å². The molecule has 0 saturated carbocycles. The molecule has 0 N–H and O–H groups in total. The zero-order chi connectivity index (χ0) is 19.6. The standard InChI is InChI=1S/C21H19NO5/c1-4-27-21(25)17-12(2)16(20(24)26-3)15(19(17)23)11-14-8-5-7-13-9-6-10-22-18(13)14/h5-11,16H,4H2,1-3H3/b15-11+. The fourth-order valence-electron chi connectivity index (χ4n) is 3.27. The molecule has 6 nitrogen and oxygen atoms in total. The summed E-state index contributed by atoms with van der Waals surface area (Å²) >= 11 is 0. The molecule has 6 heteroatoms. The molecule has 3 rings (SSSR count). The van der Waals surface area contributed by atoms with E-state index >= 15 is 0 Å². The van der Waals surface area contributed by atoms with Gasteiger partial charge in [0.1, 0.15) is 11.5 Å². The third kappa shape index (κ3) is 3.26. The summed E-state index contributed by atoms with van der Waals surface area (Å²) in [6.45, 7) is 3.37. The maximum atomic E-state index is 12.9. The number of benzene rings is 1. The van der Waals surface area contributed by atoms with Crippen molar-refractivity contribution < 1.29 is 23.9 Å². The zero-order valence-corrected chi connectivity index (χ0v) is 15.3. The highest BCUT2D eigenvalue weighted by Gasteiger charge is 2.43. The molecule has 1 aromatic carbocycles. The highest BCUT2D eigenvalue weighted by Crippen LogP contribution is 2.37. The maximum absolute atomic E-state index is 12.9. The third-order valence-electron chi connectivity index (χ3n) is 4.52. The molecule has 27 heavy (non-hydrogen) atoms. The van der Waals surface area contributed by atoms with E-state index in [1.165, 1.54) is 7.11 Å². The number of hydrogen-bond donors (Lipinski definition) is 0. The van der Waals surface area contributed by atoms with Gasteiger partial charge < -0.3 is 9.47 Å². The Balaban J connectivity index is 2.16. The van der Waals surface area contributed by atoms with Crippen LogP contribution in [0.4, 0.5) is 0 Å². The second-order valence-corrected chi connectivity index (χ2v) is 6.09. The van der Waals surface area contributed by atoms with E-state index in [0.717, 1.165) is 5.39 Å². The number of Topliss-reactive ketones (excluding diaryl/α,β-unsaturated/α-hetero) is 1. The van der Waals surface area contributed by atoms with Crippen LogP contribution in [-0.4, -0.2) is 36.4 Å². The van der Waals surface area contributed by atoms with Crippen molar-refractivity contribution in [3.63, 3.8) is 0 Å².